The minimum absolute atomic E-state index is 0.119. The molecule has 0 N–H and O–H groups in total. The fourth-order valence-corrected chi connectivity index (χ4v) is 10.2. The molecule has 0 amide bonds. The molecule has 0 saturated heterocycles. The first-order valence-electron chi connectivity index (χ1n) is 16.2. The van der Waals surface area contributed by atoms with Crippen molar-refractivity contribution in [1.29, 1.82) is 0 Å². The van der Waals surface area contributed by atoms with Crippen LogP contribution in [0.1, 0.15) is 95.8 Å². The second kappa shape index (κ2) is 11.6. The largest absolute Gasteiger partial charge is 0.454 e. The third-order valence-corrected chi connectivity index (χ3v) is 12.6. The smallest absolute Gasteiger partial charge is 0.146 e. The van der Waals surface area contributed by atoms with Crippen molar-refractivity contribution in [2.24, 2.45) is 0 Å². The molecule has 2 heterocycles. The van der Waals surface area contributed by atoms with Gasteiger partial charge >= 0.3 is 0 Å². The van der Waals surface area contributed by atoms with Crippen LogP contribution in [0.25, 0.3) is 0 Å². The van der Waals surface area contributed by atoms with Crippen molar-refractivity contribution in [2.45, 2.75) is 78.6 Å². The van der Waals surface area contributed by atoms with Gasteiger partial charge in [0.1, 0.15) is 23.0 Å². The minimum atomic E-state index is -0.532. The van der Waals surface area contributed by atoms with E-state index in [4.69, 9.17) is 9.47 Å². The van der Waals surface area contributed by atoms with Crippen molar-refractivity contribution in [2.75, 3.05) is 0 Å². The SMILES string of the molecule is Cc1cc(Br)c2c(c1)C(C)(c1cc(C(C)(C)C)cc(C3(C)c4cc(C)cc(Br)c4Oc4c(Br)cc(C)cc43)c1)c1cc(C)cc(Br)c1O2. The molecule has 6 heteroatoms. The summed E-state index contributed by atoms with van der Waals surface area (Å²) in [5.41, 5.74) is 11.8. The number of aryl methyl sites for hydroxylation is 4. The molecular formula is C42H38Br4O2. The van der Waals surface area contributed by atoms with Crippen molar-refractivity contribution in [3.05, 3.63) is 146 Å². The summed E-state index contributed by atoms with van der Waals surface area (Å²) in [6.07, 6.45) is 0. The second-order valence-electron chi connectivity index (χ2n) is 15.0. The van der Waals surface area contributed by atoms with Crippen LogP contribution in [-0.4, -0.2) is 0 Å². The Balaban J connectivity index is 1.63. The van der Waals surface area contributed by atoms with Crippen molar-refractivity contribution in [3.8, 4) is 23.0 Å². The van der Waals surface area contributed by atoms with Gasteiger partial charge in [0, 0.05) is 33.1 Å². The first-order valence-corrected chi connectivity index (χ1v) is 19.3. The zero-order chi connectivity index (χ0) is 34.7. The Morgan fingerprint density at radius 1 is 0.438 bits per heavy atom. The molecule has 5 aromatic rings. The van der Waals surface area contributed by atoms with Crippen molar-refractivity contribution >= 4 is 63.7 Å². The van der Waals surface area contributed by atoms with E-state index in [0.29, 0.717) is 0 Å². The van der Waals surface area contributed by atoms with Crippen LogP contribution < -0.4 is 9.47 Å². The van der Waals surface area contributed by atoms with Crippen LogP contribution in [0.3, 0.4) is 0 Å². The van der Waals surface area contributed by atoms with E-state index in [0.717, 1.165) is 63.1 Å². The second-order valence-corrected chi connectivity index (χ2v) is 18.4. The quantitative estimate of drug-likeness (QED) is 0.176. The molecule has 0 atom stereocenters. The molecule has 0 saturated carbocycles. The maximum atomic E-state index is 6.75. The van der Waals surface area contributed by atoms with E-state index in [-0.39, 0.29) is 5.41 Å². The monoisotopic (exact) mass is 890 g/mol. The number of fused-ring (bicyclic) bond motifs is 4. The Kier molecular flexibility index (Phi) is 8.22. The summed E-state index contributed by atoms with van der Waals surface area (Å²) in [5, 5.41) is 0. The molecule has 48 heavy (non-hydrogen) atoms. The predicted molar refractivity (Wildman–Crippen MR) is 212 cm³/mol. The fraction of sp³-hybridized carbons (Fsp3) is 0.286. The Morgan fingerprint density at radius 3 is 0.958 bits per heavy atom. The summed E-state index contributed by atoms with van der Waals surface area (Å²) < 4.78 is 17.3. The van der Waals surface area contributed by atoms with E-state index in [1.54, 1.807) is 0 Å². The van der Waals surface area contributed by atoms with Crippen LogP contribution in [0.4, 0.5) is 0 Å². The summed E-state index contributed by atoms with van der Waals surface area (Å²) in [6, 6.07) is 25.0. The molecule has 2 aliphatic heterocycles. The van der Waals surface area contributed by atoms with Crippen molar-refractivity contribution in [3.63, 3.8) is 0 Å². The standard InChI is InChI=1S/C42H38Br4O2/c1-21-10-28-36(32(43)14-21)47-37-29(11-22(2)15-33(37)44)41(28,8)26-18-25(40(5,6)7)19-27(20-26)42(9)30-12-23(3)16-34(45)38(30)48-39-31(42)13-24(4)17-35(39)46/h10-20H,1-9H3. The maximum Gasteiger partial charge on any atom is 0.146 e. The van der Waals surface area contributed by atoms with Crippen LogP contribution in [0, 0.1) is 27.7 Å². The van der Waals surface area contributed by atoms with Crippen LogP contribution in [-0.2, 0) is 16.2 Å². The van der Waals surface area contributed by atoms with E-state index >= 15 is 0 Å². The Morgan fingerprint density at radius 2 is 0.708 bits per heavy atom. The molecule has 0 spiro atoms. The van der Waals surface area contributed by atoms with Gasteiger partial charge in [0.25, 0.3) is 0 Å². The summed E-state index contributed by atoms with van der Waals surface area (Å²) >= 11 is 15.5. The molecule has 0 fully saturated rings. The Hall–Kier alpha value is -2.38. The summed E-state index contributed by atoms with van der Waals surface area (Å²) in [6.45, 7) is 20.3. The van der Waals surface area contributed by atoms with Crippen molar-refractivity contribution in [1.82, 2.24) is 0 Å². The van der Waals surface area contributed by atoms with Gasteiger partial charge in [-0.1, -0.05) is 63.2 Å². The van der Waals surface area contributed by atoms with E-state index in [2.05, 4.69) is 193 Å². The summed E-state index contributed by atoms with van der Waals surface area (Å²) in [5.74, 6) is 3.43. The number of hydrogen-bond acceptors (Lipinski definition) is 2. The lowest BCUT2D eigenvalue weighted by molar-refractivity contribution is 0.417. The van der Waals surface area contributed by atoms with E-state index in [9.17, 15) is 0 Å². The van der Waals surface area contributed by atoms with Crippen LogP contribution >= 0.6 is 63.7 Å². The Bertz CT molecular complexity index is 1930. The van der Waals surface area contributed by atoms with E-state index < -0.39 is 10.8 Å². The molecule has 0 aliphatic carbocycles. The molecule has 0 radical (unpaired) electrons. The van der Waals surface area contributed by atoms with Crippen LogP contribution in [0.2, 0.25) is 0 Å². The number of ether oxygens (including phenoxy) is 2. The fourth-order valence-electron chi connectivity index (χ4n) is 7.57. The van der Waals surface area contributed by atoms with E-state index in [1.165, 1.54) is 38.9 Å². The first-order chi connectivity index (χ1) is 22.4. The zero-order valence-corrected chi connectivity index (χ0v) is 35.0. The van der Waals surface area contributed by atoms with Crippen molar-refractivity contribution < 1.29 is 9.47 Å². The van der Waals surface area contributed by atoms with Gasteiger partial charge in [-0.25, -0.2) is 0 Å². The number of halogens is 4. The lowest BCUT2D eigenvalue weighted by Gasteiger charge is -2.43. The highest BCUT2D eigenvalue weighted by Gasteiger charge is 2.46. The number of benzene rings is 5. The molecule has 0 unspecified atom stereocenters. The molecule has 0 bridgehead atoms. The first kappa shape index (κ1) is 34.1. The van der Waals surface area contributed by atoms with Gasteiger partial charge in [0.15, 0.2) is 0 Å². The molecule has 0 aromatic heterocycles. The lowest BCUT2D eigenvalue weighted by Crippen LogP contribution is -2.34. The Labute approximate surface area is 318 Å². The van der Waals surface area contributed by atoms with Crippen LogP contribution in [0.15, 0.2) is 84.6 Å². The average molecular weight is 894 g/mol. The lowest BCUT2D eigenvalue weighted by atomic mass is 9.64. The van der Waals surface area contributed by atoms with Gasteiger partial charge in [-0.2, -0.15) is 0 Å². The third kappa shape index (κ3) is 5.18. The van der Waals surface area contributed by atoms with Gasteiger partial charge in [-0.05, 0) is 174 Å². The number of hydrogen-bond donors (Lipinski definition) is 0. The maximum absolute atomic E-state index is 6.75. The predicted octanol–water partition coefficient (Wildman–Crippen LogP) is 14.2. The highest BCUT2D eigenvalue weighted by atomic mass is 79.9. The molecule has 5 aromatic carbocycles. The van der Waals surface area contributed by atoms with Gasteiger partial charge in [0.05, 0.1) is 17.9 Å². The third-order valence-electron chi connectivity index (χ3n) is 10.3. The zero-order valence-electron chi connectivity index (χ0n) is 28.7. The van der Waals surface area contributed by atoms with Gasteiger partial charge < -0.3 is 9.47 Å². The van der Waals surface area contributed by atoms with Gasteiger partial charge in [-0.3, -0.25) is 0 Å². The van der Waals surface area contributed by atoms with Gasteiger partial charge in [0.2, 0.25) is 0 Å². The molecule has 2 aliphatic rings. The molecule has 246 valence electrons. The molecule has 7 rings (SSSR count). The average Bonchev–Trinajstić information content (AvgIpc) is 2.98. The molecule has 2 nitrogen and oxygen atoms in total. The van der Waals surface area contributed by atoms with E-state index in [1.807, 2.05) is 0 Å². The van der Waals surface area contributed by atoms with Gasteiger partial charge in [-0.15, -0.1) is 0 Å². The summed E-state index contributed by atoms with van der Waals surface area (Å²) in [7, 11) is 0. The highest BCUT2D eigenvalue weighted by Crippen LogP contribution is 2.59. The van der Waals surface area contributed by atoms with Crippen LogP contribution in [0.5, 0.6) is 23.0 Å². The highest BCUT2D eigenvalue weighted by molar-refractivity contribution is 9.11. The molecular weight excluding hydrogens is 856 g/mol. The minimum Gasteiger partial charge on any atom is -0.454 e. The summed E-state index contributed by atoms with van der Waals surface area (Å²) in [4.78, 5) is 0. The number of rotatable bonds is 2. The topological polar surface area (TPSA) is 18.5 Å². The normalized spacial score (nSPS) is 15.4.